The van der Waals surface area contributed by atoms with E-state index < -0.39 is 35.8 Å². The summed E-state index contributed by atoms with van der Waals surface area (Å²) in [6, 6.07) is 7.13. The van der Waals surface area contributed by atoms with Gasteiger partial charge >= 0.3 is 0 Å². The van der Waals surface area contributed by atoms with Crippen LogP contribution in [-0.2, 0) is 12.8 Å². The quantitative estimate of drug-likeness (QED) is 0.267. The number of guanidine groups is 2. The van der Waals surface area contributed by atoms with Crippen LogP contribution in [-0.4, -0.2) is 86.9 Å². The Hall–Kier alpha value is -4.26. The molecule has 1 saturated heterocycles. The van der Waals surface area contributed by atoms with E-state index in [2.05, 4.69) is 42.2 Å². The zero-order chi connectivity index (χ0) is 27.3. The number of carbonyl (C=O) groups excluding carboxylic acids is 2. The van der Waals surface area contributed by atoms with E-state index >= 15 is 0 Å². The molecular formula is C26H32N10O3. The highest BCUT2D eigenvalue weighted by molar-refractivity contribution is 5.97. The van der Waals surface area contributed by atoms with Gasteiger partial charge in [-0.25, -0.2) is 9.98 Å². The van der Waals surface area contributed by atoms with Gasteiger partial charge in [-0.05, 0) is 61.9 Å². The van der Waals surface area contributed by atoms with Crippen molar-refractivity contribution in [1.82, 2.24) is 31.0 Å². The van der Waals surface area contributed by atoms with Gasteiger partial charge in [0.15, 0.2) is 23.3 Å². The van der Waals surface area contributed by atoms with Crippen molar-refractivity contribution in [3.8, 4) is 0 Å². The van der Waals surface area contributed by atoms with Gasteiger partial charge < -0.3 is 37.4 Å². The van der Waals surface area contributed by atoms with Crippen LogP contribution in [0.4, 0.5) is 0 Å². The molecule has 3 unspecified atom stereocenters. The third-order valence-corrected chi connectivity index (χ3v) is 8.11. The molecule has 6 rings (SSSR count). The third kappa shape index (κ3) is 4.13. The first-order chi connectivity index (χ1) is 18.8. The van der Waals surface area contributed by atoms with Gasteiger partial charge in [-0.3, -0.25) is 9.59 Å². The molecule has 0 bridgehead atoms. The number of benzene rings is 1. The van der Waals surface area contributed by atoms with Crippen molar-refractivity contribution in [1.29, 1.82) is 0 Å². The molecule has 2 aromatic rings. The van der Waals surface area contributed by atoms with Gasteiger partial charge in [-0.1, -0.05) is 12.1 Å². The molecule has 1 fully saturated rings. The molecule has 1 aromatic heterocycles. The summed E-state index contributed by atoms with van der Waals surface area (Å²) >= 11 is 0. The summed E-state index contributed by atoms with van der Waals surface area (Å²) in [5.41, 5.74) is 15.0. The average molecular weight is 533 g/mol. The molecule has 2 amide bonds. The van der Waals surface area contributed by atoms with Gasteiger partial charge in [0.25, 0.3) is 11.8 Å². The molecule has 4 aliphatic rings. The van der Waals surface area contributed by atoms with E-state index in [-0.39, 0.29) is 36.6 Å². The second-order valence-electron chi connectivity index (χ2n) is 10.5. The second-order valence-corrected chi connectivity index (χ2v) is 10.5. The summed E-state index contributed by atoms with van der Waals surface area (Å²) < 4.78 is 0. The van der Waals surface area contributed by atoms with Crippen molar-refractivity contribution in [3.05, 3.63) is 58.4 Å². The summed E-state index contributed by atoms with van der Waals surface area (Å²) in [5, 5.41) is 28.4. The number of aliphatic hydroxyl groups excluding tert-OH is 1. The molecule has 13 heteroatoms. The van der Waals surface area contributed by atoms with Crippen molar-refractivity contribution in [2.45, 2.75) is 62.5 Å². The number of aryl methyl sites for hydroxylation is 2. The van der Waals surface area contributed by atoms with Crippen LogP contribution in [0.1, 0.15) is 50.5 Å². The van der Waals surface area contributed by atoms with Gasteiger partial charge in [0, 0.05) is 18.7 Å². The number of aliphatic imine (C=N–C) groups is 2. The highest BCUT2D eigenvalue weighted by Gasteiger charge is 2.65. The van der Waals surface area contributed by atoms with E-state index in [1.165, 1.54) is 5.56 Å². The second kappa shape index (κ2) is 9.49. The predicted molar refractivity (Wildman–Crippen MR) is 143 cm³/mol. The summed E-state index contributed by atoms with van der Waals surface area (Å²) in [6.07, 6.45) is 2.86. The standard InChI is InChI=1S/C26H32N10O3/c1-13-9-10-17(35-34-13)23(39)29-11-18-20-26(33-24(27)32-20)21(37)19(12-36(26)25(28)31-18)30-22(38)16-8-4-6-14-5-2-3-7-15(14)16/h4,6,8-10,18-21,37H,2-3,5,7,11-12H2,1H3,(H2,28,31)(H,29,39)(H,30,38)(H3,27,32,33)/t18-,19?,20?,21+,26?/m0/s1. The Bertz CT molecular complexity index is 1380. The lowest BCUT2D eigenvalue weighted by Crippen LogP contribution is -2.73. The van der Waals surface area contributed by atoms with E-state index in [4.69, 9.17) is 11.5 Å². The molecule has 8 N–H and O–H groups in total. The molecule has 1 aromatic carbocycles. The summed E-state index contributed by atoms with van der Waals surface area (Å²) in [7, 11) is 0. The number of nitrogens with two attached hydrogens (primary N) is 2. The zero-order valence-electron chi connectivity index (χ0n) is 21.6. The number of hydrogen-bond acceptors (Lipinski definition) is 11. The van der Waals surface area contributed by atoms with Crippen LogP contribution in [0.5, 0.6) is 0 Å². The molecule has 39 heavy (non-hydrogen) atoms. The third-order valence-electron chi connectivity index (χ3n) is 8.11. The molecule has 1 aliphatic carbocycles. The van der Waals surface area contributed by atoms with Crippen LogP contribution in [0.15, 0.2) is 40.3 Å². The number of nitrogens with zero attached hydrogens (tertiary/aromatic N) is 5. The van der Waals surface area contributed by atoms with E-state index in [1.54, 1.807) is 24.0 Å². The molecule has 0 radical (unpaired) electrons. The molecule has 1 spiro atoms. The molecule has 13 nitrogen and oxygen atoms in total. The molecule has 204 valence electrons. The van der Waals surface area contributed by atoms with Crippen LogP contribution in [0.2, 0.25) is 0 Å². The maximum Gasteiger partial charge on any atom is 0.271 e. The summed E-state index contributed by atoms with van der Waals surface area (Å²) in [5.74, 6) is -0.375. The summed E-state index contributed by atoms with van der Waals surface area (Å²) in [4.78, 5) is 36.9. The fourth-order valence-corrected chi connectivity index (χ4v) is 6.25. The van der Waals surface area contributed by atoms with E-state index in [9.17, 15) is 14.7 Å². The lowest BCUT2D eigenvalue weighted by atomic mass is 9.87. The summed E-state index contributed by atoms with van der Waals surface area (Å²) in [6.45, 7) is 2.07. The largest absolute Gasteiger partial charge is 0.386 e. The average Bonchev–Trinajstić information content (AvgIpc) is 3.43. The first-order valence-corrected chi connectivity index (χ1v) is 13.2. The lowest BCUT2D eigenvalue weighted by Gasteiger charge is -2.46. The van der Waals surface area contributed by atoms with Crippen LogP contribution in [0, 0.1) is 6.92 Å². The predicted octanol–water partition coefficient (Wildman–Crippen LogP) is -1.45. The highest BCUT2D eigenvalue weighted by atomic mass is 16.3. The number of rotatable bonds is 5. The van der Waals surface area contributed by atoms with Crippen LogP contribution in [0.25, 0.3) is 0 Å². The monoisotopic (exact) mass is 532 g/mol. The van der Waals surface area contributed by atoms with Crippen LogP contribution < -0.4 is 27.4 Å². The molecule has 4 heterocycles. The van der Waals surface area contributed by atoms with Crippen molar-refractivity contribution in [2.75, 3.05) is 13.1 Å². The number of hydrogen-bond donors (Lipinski definition) is 6. The van der Waals surface area contributed by atoms with Crippen molar-refractivity contribution in [2.24, 2.45) is 21.5 Å². The van der Waals surface area contributed by atoms with E-state index in [0.29, 0.717) is 11.3 Å². The Morgan fingerprint density at radius 1 is 1.13 bits per heavy atom. The van der Waals surface area contributed by atoms with Gasteiger partial charge in [-0.2, -0.15) is 5.10 Å². The molecule has 0 saturated carbocycles. The zero-order valence-corrected chi connectivity index (χ0v) is 21.6. The van der Waals surface area contributed by atoms with Crippen molar-refractivity contribution >= 4 is 23.7 Å². The number of carbonyl (C=O) groups is 2. The maximum absolute atomic E-state index is 13.4. The number of aliphatic hydroxyl groups is 1. The highest BCUT2D eigenvalue weighted by Crippen LogP contribution is 2.40. The number of amides is 2. The molecule has 3 aliphatic heterocycles. The number of fused-ring (bicyclic) bond motifs is 1. The Morgan fingerprint density at radius 3 is 2.74 bits per heavy atom. The number of aromatic nitrogens is 2. The van der Waals surface area contributed by atoms with E-state index in [0.717, 1.165) is 31.2 Å². The SMILES string of the molecule is Cc1ccc(C(=O)NC[C@@H]2N=C(N)N3CC(NC(=O)c4cccc5c4CCCC5)[C@@H](O)C34NC(N)=NC24)nn1. The minimum Gasteiger partial charge on any atom is -0.386 e. The lowest BCUT2D eigenvalue weighted by molar-refractivity contribution is 0.0144. The minimum absolute atomic E-state index is 0.0771. The van der Waals surface area contributed by atoms with Gasteiger partial charge in [0.2, 0.25) is 0 Å². The fraction of sp³-hybridized carbons (Fsp3) is 0.462. The molecule has 5 atom stereocenters. The minimum atomic E-state index is -1.22. The maximum atomic E-state index is 13.4. The first kappa shape index (κ1) is 25.0. The van der Waals surface area contributed by atoms with Gasteiger partial charge in [-0.15, -0.1) is 5.10 Å². The van der Waals surface area contributed by atoms with Gasteiger partial charge in [0.05, 0.1) is 17.8 Å². The first-order valence-electron chi connectivity index (χ1n) is 13.2. The van der Waals surface area contributed by atoms with Crippen LogP contribution in [0.3, 0.4) is 0 Å². The Kier molecular flexibility index (Phi) is 6.09. The molecular weight excluding hydrogens is 500 g/mol. The Labute approximate surface area is 225 Å². The van der Waals surface area contributed by atoms with Crippen molar-refractivity contribution in [3.63, 3.8) is 0 Å². The number of nitrogens with one attached hydrogen (secondary N) is 3. The van der Waals surface area contributed by atoms with Crippen LogP contribution >= 0.6 is 0 Å². The van der Waals surface area contributed by atoms with Crippen molar-refractivity contribution < 1.29 is 14.7 Å². The van der Waals surface area contributed by atoms with E-state index in [1.807, 2.05) is 12.1 Å². The van der Waals surface area contributed by atoms with Gasteiger partial charge in [0.1, 0.15) is 12.1 Å². The Morgan fingerprint density at radius 2 is 1.95 bits per heavy atom. The smallest absolute Gasteiger partial charge is 0.271 e. The normalized spacial score (nSPS) is 28.8. The fourth-order valence-electron chi connectivity index (χ4n) is 6.25. The topological polar surface area (TPSA) is 196 Å². The Balaban J connectivity index is 1.22.